The molecular weight excluding hydrogens is 301 g/mol. The van der Waals surface area contributed by atoms with Crippen LogP contribution in [0.1, 0.15) is 18.5 Å². The molecule has 17 heavy (non-hydrogen) atoms. The first-order valence-electron chi connectivity index (χ1n) is 4.75. The third-order valence-corrected chi connectivity index (χ3v) is 4.16. The van der Waals surface area contributed by atoms with Crippen molar-refractivity contribution in [2.75, 3.05) is 5.32 Å². The van der Waals surface area contributed by atoms with Crippen molar-refractivity contribution in [1.82, 2.24) is 10.2 Å². The number of benzene rings is 1. The van der Waals surface area contributed by atoms with Crippen molar-refractivity contribution >= 4 is 51.3 Å². The maximum absolute atomic E-state index is 6.14. The zero-order chi connectivity index (χ0) is 12.4. The molecule has 1 heterocycles. The smallest absolute Gasteiger partial charge is 0.205 e. The summed E-state index contributed by atoms with van der Waals surface area (Å²) in [7, 11) is 0. The number of hydrogen-bond acceptors (Lipinski definition) is 4. The number of halogens is 3. The minimum atomic E-state index is -0.0229. The van der Waals surface area contributed by atoms with Gasteiger partial charge in [0.1, 0.15) is 5.51 Å². The molecule has 1 unspecified atom stereocenters. The van der Waals surface area contributed by atoms with E-state index in [0.29, 0.717) is 15.1 Å². The van der Waals surface area contributed by atoms with Gasteiger partial charge in [0.05, 0.1) is 21.1 Å². The maximum Gasteiger partial charge on any atom is 0.205 e. The lowest BCUT2D eigenvalue weighted by atomic mass is 10.1. The van der Waals surface area contributed by atoms with E-state index in [0.717, 1.165) is 10.7 Å². The Morgan fingerprint density at radius 2 is 2.00 bits per heavy atom. The van der Waals surface area contributed by atoms with Crippen molar-refractivity contribution in [1.29, 1.82) is 0 Å². The summed E-state index contributed by atoms with van der Waals surface area (Å²) in [5.74, 6) is 0. The molecule has 1 aromatic heterocycles. The van der Waals surface area contributed by atoms with Gasteiger partial charge in [-0.3, -0.25) is 0 Å². The first-order chi connectivity index (χ1) is 8.09. The summed E-state index contributed by atoms with van der Waals surface area (Å²) in [6, 6.07) is 3.55. The fourth-order valence-corrected chi connectivity index (χ4v) is 2.61. The van der Waals surface area contributed by atoms with Crippen molar-refractivity contribution < 1.29 is 0 Å². The van der Waals surface area contributed by atoms with Crippen LogP contribution in [0.5, 0.6) is 0 Å². The van der Waals surface area contributed by atoms with Gasteiger partial charge in [-0.2, -0.15) is 0 Å². The van der Waals surface area contributed by atoms with Crippen molar-refractivity contribution in [3.63, 3.8) is 0 Å². The van der Waals surface area contributed by atoms with E-state index in [4.69, 9.17) is 34.8 Å². The minimum Gasteiger partial charge on any atom is -0.354 e. The van der Waals surface area contributed by atoms with Crippen LogP contribution in [0.25, 0.3) is 0 Å². The molecule has 1 atom stereocenters. The molecule has 0 saturated heterocycles. The highest BCUT2D eigenvalue weighted by Gasteiger charge is 2.15. The van der Waals surface area contributed by atoms with Gasteiger partial charge < -0.3 is 5.32 Å². The highest BCUT2D eigenvalue weighted by atomic mass is 35.5. The van der Waals surface area contributed by atoms with Gasteiger partial charge in [0.25, 0.3) is 0 Å². The van der Waals surface area contributed by atoms with Crippen LogP contribution in [0.3, 0.4) is 0 Å². The van der Waals surface area contributed by atoms with Gasteiger partial charge in [0.15, 0.2) is 0 Å². The number of hydrogen-bond donors (Lipinski definition) is 1. The zero-order valence-electron chi connectivity index (χ0n) is 8.75. The predicted octanol–water partition coefficient (Wildman–Crippen LogP) is 4.67. The van der Waals surface area contributed by atoms with Gasteiger partial charge in [-0.25, -0.2) is 0 Å². The number of nitrogens with one attached hydrogen (secondary N) is 1. The number of aromatic nitrogens is 2. The Labute approximate surface area is 118 Å². The molecule has 1 aromatic carbocycles. The van der Waals surface area contributed by atoms with Gasteiger partial charge in [-0.05, 0) is 18.6 Å². The van der Waals surface area contributed by atoms with E-state index in [1.54, 1.807) is 11.6 Å². The van der Waals surface area contributed by atoms with Crippen LogP contribution in [-0.4, -0.2) is 10.2 Å². The third kappa shape index (κ3) is 2.83. The first kappa shape index (κ1) is 12.9. The lowest BCUT2D eigenvalue weighted by Gasteiger charge is -2.15. The molecule has 2 aromatic rings. The average Bonchev–Trinajstić information content (AvgIpc) is 2.78. The normalized spacial score (nSPS) is 12.5. The van der Waals surface area contributed by atoms with Crippen molar-refractivity contribution in [2.24, 2.45) is 0 Å². The third-order valence-electron chi connectivity index (χ3n) is 2.23. The minimum absolute atomic E-state index is 0.0229. The Morgan fingerprint density at radius 3 is 2.65 bits per heavy atom. The molecule has 0 saturated carbocycles. The fourth-order valence-electron chi connectivity index (χ4n) is 1.37. The molecule has 2 rings (SSSR count). The topological polar surface area (TPSA) is 37.8 Å². The number of rotatable bonds is 3. The first-order valence-corrected chi connectivity index (χ1v) is 6.77. The highest BCUT2D eigenvalue weighted by molar-refractivity contribution is 7.13. The number of anilines is 1. The summed E-state index contributed by atoms with van der Waals surface area (Å²) in [5, 5.41) is 12.9. The highest BCUT2D eigenvalue weighted by Crippen LogP contribution is 2.36. The summed E-state index contributed by atoms with van der Waals surface area (Å²) in [4.78, 5) is 0. The Morgan fingerprint density at radius 1 is 1.24 bits per heavy atom. The predicted molar refractivity (Wildman–Crippen MR) is 73.4 cm³/mol. The average molecular weight is 309 g/mol. The van der Waals surface area contributed by atoms with Crippen LogP contribution in [0.15, 0.2) is 17.6 Å². The van der Waals surface area contributed by atoms with E-state index >= 15 is 0 Å². The monoisotopic (exact) mass is 307 g/mol. The fraction of sp³-hybridized carbons (Fsp3) is 0.200. The largest absolute Gasteiger partial charge is 0.354 e. The van der Waals surface area contributed by atoms with E-state index in [-0.39, 0.29) is 6.04 Å². The Bertz CT molecular complexity index is 516. The molecule has 0 bridgehead atoms. The molecule has 0 aliphatic carbocycles. The van der Waals surface area contributed by atoms with Crippen LogP contribution in [0.2, 0.25) is 15.1 Å². The molecule has 0 aliphatic heterocycles. The molecule has 1 N–H and O–H groups in total. The molecule has 90 valence electrons. The summed E-state index contributed by atoms with van der Waals surface area (Å²) < 4.78 is 0. The van der Waals surface area contributed by atoms with Gasteiger partial charge >= 0.3 is 0 Å². The van der Waals surface area contributed by atoms with Gasteiger partial charge in [0.2, 0.25) is 5.13 Å². The second kappa shape index (κ2) is 5.40. The Hall–Kier alpha value is -0.550. The molecular formula is C10H8Cl3N3S. The van der Waals surface area contributed by atoms with Crippen LogP contribution in [0, 0.1) is 0 Å². The molecule has 3 nitrogen and oxygen atoms in total. The SMILES string of the molecule is CC(Nc1nncs1)c1ccc(Cl)c(Cl)c1Cl. The second-order valence-electron chi connectivity index (χ2n) is 3.37. The van der Waals surface area contributed by atoms with Crippen LogP contribution >= 0.6 is 46.1 Å². The summed E-state index contributed by atoms with van der Waals surface area (Å²) in [6.45, 7) is 1.97. The molecule has 0 spiro atoms. The Balaban J connectivity index is 2.25. The van der Waals surface area contributed by atoms with E-state index in [1.165, 1.54) is 11.3 Å². The summed E-state index contributed by atoms with van der Waals surface area (Å²) >= 11 is 19.4. The maximum atomic E-state index is 6.14. The Kier molecular flexibility index (Phi) is 4.09. The molecule has 0 radical (unpaired) electrons. The second-order valence-corrected chi connectivity index (χ2v) is 5.37. The lowest BCUT2D eigenvalue weighted by Crippen LogP contribution is -2.07. The molecule has 7 heteroatoms. The van der Waals surface area contributed by atoms with Gasteiger partial charge in [-0.1, -0.05) is 52.2 Å². The van der Waals surface area contributed by atoms with Crippen molar-refractivity contribution in [3.05, 3.63) is 38.3 Å². The molecule has 0 aliphatic rings. The van der Waals surface area contributed by atoms with Crippen molar-refractivity contribution in [2.45, 2.75) is 13.0 Å². The standard InChI is InChI=1S/C10H8Cl3N3S/c1-5(15-10-16-14-4-17-10)6-2-3-7(11)9(13)8(6)12/h2-5H,1H3,(H,15,16). The summed E-state index contributed by atoms with van der Waals surface area (Å²) in [6.07, 6.45) is 0. The zero-order valence-corrected chi connectivity index (χ0v) is 11.8. The number of nitrogens with zero attached hydrogens (tertiary/aromatic N) is 2. The lowest BCUT2D eigenvalue weighted by molar-refractivity contribution is 0.874. The summed E-state index contributed by atoms with van der Waals surface area (Å²) in [5.41, 5.74) is 2.53. The van der Waals surface area contributed by atoms with Crippen LogP contribution < -0.4 is 5.32 Å². The van der Waals surface area contributed by atoms with E-state index < -0.39 is 0 Å². The van der Waals surface area contributed by atoms with Crippen LogP contribution in [0.4, 0.5) is 5.13 Å². The molecule has 0 amide bonds. The van der Waals surface area contributed by atoms with Gasteiger partial charge in [0, 0.05) is 0 Å². The molecule has 0 fully saturated rings. The van der Waals surface area contributed by atoms with E-state index in [2.05, 4.69) is 15.5 Å². The van der Waals surface area contributed by atoms with Crippen molar-refractivity contribution in [3.8, 4) is 0 Å². The quantitative estimate of drug-likeness (QED) is 0.837. The van der Waals surface area contributed by atoms with Gasteiger partial charge in [-0.15, -0.1) is 10.2 Å². The van der Waals surface area contributed by atoms with E-state index in [9.17, 15) is 0 Å². The van der Waals surface area contributed by atoms with Crippen LogP contribution in [-0.2, 0) is 0 Å². The van der Waals surface area contributed by atoms with E-state index in [1.807, 2.05) is 13.0 Å².